The number of hydrogen-bond donors (Lipinski definition) is 0. The number of para-hydroxylation sites is 2. The van der Waals surface area contributed by atoms with Crippen molar-refractivity contribution in [1.29, 1.82) is 0 Å². The lowest BCUT2D eigenvalue weighted by atomic mass is 9.65. The maximum Gasteiger partial charge on any atom is 0.132 e. The molecular weight excluding hydrogens is 805 g/mol. The summed E-state index contributed by atoms with van der Waals surface area (Å²) in [5.41, 5.74) is 14.9. The van der Waals surface area contributed by atoms with Gasteiger partial charge in [0, 0.05) is 31.3 Å². The van der Waals surface area contributed by atoms with Gasteiger partial charge in [-0.15, -0.1) is 11.3 Å². The first kappa shape index (κ1) is 38.5. The molecule has 0 amide bonds. The molecular formula is C63H48OS. The molecule has 0 saturated heterocycles. The first-order valence-corrected chi connectivity index (χ1v) is 23.8. The Labute approximate surface area is 384 Å². The van der Waals surface area contributed by atoms with Crippen LogP contribution in [0, 0.1) is 0 Å². The van der Waals surface area contributed by atoms with Crippen LogP contribution in [0.15, 0.2) is 182 Å². The van der Waals surface area contributed by atoms with Crippen LogP contribution in [0.2, 0.25) is 0 Å². The van der Waals surface area contributed by atoms with E-state index in [9.17, 15) is 0 Å². The summed E-state index contributed by atoms with van der Waals surface area (Å²) < 4.78 is 9.32. The average molecular weight is 853 g/mol. The SMILES string of the molecule is CC(C)(C)c1ccc2c(-c3cc(-c4ccc5c6c4sc4cccc(c46)C54c5ccccc5Oc5ccccc54)cc4ccccc34)c3ccc(C(C)(C)C)cc3c(-c3ccccc3)c2c1. The summed E-state index contributed by atoms with van der Waals surface area (Å²) >= 11 is 1.94. The van der Waals surface area contributed by atoms with Gasteiger partial charge >= 0.3 is 0 Å². The number of hydrogen-bond acceptors (Lipinski definition) is 2. The minimum atomic E-state index is -0.481. The molecule has 2 heteroatoms. The van der Waals surface area contributed by atoms with Crippen molar-refractivity contribution in [2.45, 2.75) is 57.8 Å². The molecule has 0 radical (unpaired) electrons. The van der Waals surface area contributed by atoms with Gasteiger partial charge in [-0.3, -0.25) is 0 Å². The van der Waals surface area contributed by atoms with E-state index in [2.05, 4.69) is 224 Å². The first-order chi connectivity index (χ1) is 31.5. The molecule has 2 heterocycles. The summed E-state index contributed by atoms with van der Waals surface area (Å²) in [5.74, 6) is 1.85. The highest BCUT2D eigenvalue weighted by atomic mass is 32.1. The van der Waals surface area contributed by atoms with E-state index in [0.29, 0.717) is 0 Å². The second-order valence-corrected chi connectivity index (χ2v) is 21.4. The minimum Gasteiger partial charge on any atom is -0.457 e. The molecule has 1 nitrogen and oxygen atoms in total. The Kier molecular flexibility index (Phi) is 8.00. The van der Waals surface area contributed by atoms with Crippen LogP contribution in [0.3, 0.4) is 0 Å². The smallest absolute Gasteiger partial charge is 0.132 e. The molecule has 0 saturated carbocycles. The summed E-state index contributed by atoms with van der Waals surface area (Å²) in [5, 5.41) is 10.4. The number of ether oxygens (including phenoxy) is 1. The van der Waals surface area contributed by atoms with Crippen molar-refractivity contribution in [2.75, 3.05) is 0 Å². The lowest BCUT2D eigenvalue weighted by Gasteiger charge is -2.39. The fourth-order valence-electron chi connectivity index (χ4n) is 11.5. The molecule has 65 heavy (non-hydrogen) atoms. The minimum absolute atomic E-state index is 0.0180. The van der Waals surface area contributed by atoms with Crippen molar-refractivity contribution in [1.82, 2.24) is 0 Å². The van der Waals surface area contributed by atoms with Crippen molar-refractivity contribution in [2.24, 2.45) is 0 Å². The van der Waals surface area contributed by atoms with Gasteiger partial charge in [-0.1, -0.05) is 181 Å². The van der Waals surface area contributed by atoms with Crippen LogP contribution < -0.4 is 4.74 Å². The summed E-state index contributed by atoms with van der Waals surface area (Å²) in [7, 11) is 0. The number of thiophene rings is 1. The molecule has 312 valence electrons. The molecule has 0 fully saturated rings. The van der Waals surface area contributed by atoms with E-state index in [1.165, 1.54) is 119 Å². The predicted octanol–water partition coefficient (Wildman–Crippen LogP) is 17.9. The van der Waals surface area contributed by atoms with Crippen molar-refractivity contribution < 1.29 is 4.74 Å². The standard InChI is InChI=1S/C63H48OS/c1-61(2,3)40-27-29-44-47(35-40)56(37-17-8-7-9-18-37)48-36-41(62(4,5)6)28-30-45(48)57(44)46-34-39(33-38-19-10-11-20-42(38)46)43-31-32-52-59-58-51(23-16-26-55(58)65-60(43)59)63(52)49-21-12-14-24-53(49)64-54-25-15-13-22-50(54)63/h7-36H,1-6H3. The highest BCUT2D eigenvalue weighted by Crippen LogP contribution is 2.64. The Hall–Kier alpha value is -7.00. The number of fused-ring (bicyclic) bond motifs is 9. The van der Waals surface area contributed by atoms with Gasteiger partial charge in [-0.2, -0.15) is 0 Å². The Bertz CT molecular complexity index is 3690. The van der Waals surface area contributed by atoms with Crippen molar-refractivity contribution in [3.8, 4) is 44.9 Å². The van der Waals surface area contributed by atoms with Crippen LogP contribution in [0.5, 0.6) is 11.5 Å². The van der Waals surface area contributed by atoms with Crippen molar-refractivity contribution in [3.05, 3.63) is 215 Å². The van der Waals surface area contributed by atoms with Crippen molar-refractivity contribution >= 4 is 63.8 Å². The van der Waals surface area contributed by atoms with Crippen LogP contribution >= 0.6 is 11.3 Å². The van der Waals surface area contributed by atoms with Gasteiger partial charge in [-0.25, -0.2) is 0 Å². The van der Waals surface area contributed by atoms with Crippen LogP contribution in [-0.2, 0) is 16.2 Å². The summed E-state index contributed by atoms with van der Waals surface area (Å²) in [6.45, 7) is 14.0. The second-order valence-electron chi connectivity index (χ2n) is 20.4. The van der Waals surface area contributed by atoms with Gasteiger partial charge in [0.1, 0.15) is 11.5 Å². The maximum atomic E-state index is 6.66. The molecule has 1 aromatic heterocycles. The monoisotopic (exact) mass is 852 g/mol. The van der Waals surface area contributed by atoms with Crippen molar-refractivity contribution in [3.63, 3.8) is 0 Å². The molecule has 13 rings (SSSR count). The predicted molar refractivity (Wildman–Crippen MR) is 277 cm³/mol. The highest BCUT2D eigenvalue weighted by Gasteiger charge is 2.50. The molecule has 10 aromatic carbocycles. The zero-order chi connectivity index (χ0) is 44.0. The maximum absolute atomic E-state index is 6.66. The van der Waals surface area contributed by atoms with Gasteiger partial charge in [0.25, 0.3) is 0 Å². The van der Waals surface area contributed by atoms with Crippen LogP contribution in [0.25, 0.3) is 85.9 Å². The topological polar surface area (TPSA) is 9.23 Å². The summed E-state index contributed by atoms with van der Waals surface area (Å²) in [4.78, 5) is 0. The summed E-state index contributed by atoms with van der Waals surface area (Å²) in [6.07, 6.45) is 0. The van der Waals surface area contributed by atoms with Gasteiger partial charge in [0.2, 0.25) is 0 Å². The van der Waals surface area contributed by atoms with E-state index in [1.807, 2.05) is 11.3 Å². The molecule has 0 atom stereocenters. The lowest BCUT2D eigenvalue weighted by Crippen LogP contribution is -2.32. The van der Waals surface area contributed by atoms with E-state index in [0.717, 1.165) is 11.5 Å². The average Bonchev–Trinajstić information content (AvgIpc) is 3.85. The molecule has 0 N–H and O–H groups in total. The third-order valence-electron chi connectivity index (χ3n) is 14.6. The van der Waals surface area contributed by atoms with Gasteiger partial charge < -0.3 is 4.74 Å². The van der Waals surface area contributed by atoms with E-state index in [1.54, 1.807) is 0 Å². The third-order valence-corrected chi connectivity index (χ3v) is 15.8. The highest BCUT2D eigenvalue weighted by molar-refractivity contribution is 7.26. The molecule has 11 aromatic rings. The first-order valence-electron chi connectivity index (χ1n) is 23.0. The van der Waals surface area contributed by atoms with Crippen LogP contribution in [-0.4, -0.2) is 0 Å². The van der Waals surface area contributed by atoms with Gasteiger partial charge in [0.05, 0.1) is 5.41 Å². The molecule has 1 aliphatic carbocycles. The molecule has 1 spiro atoms. The zero-order valence-electron chi connectivity index (χ0n) is 37.6. The molecule has 0 bridgehead atoms. The van der Waals surface area contributed by atoms with E-state index < -0.39 is 5.41 Å². The van der Waals surface area contributed by atoms with Gasteiger partial charge in [-0.05, 0) is 141 Å². The van der Waals surface area contributed by atoms with Crippen LogP contribution in [0.1, 0.15) is 74.9 Å². The Morgan fingerprint density at radius 2 is 0.985 bits per heavy atom. The largest absolute Gasteiger partial charge is 0.457 e. The Morgan fingerprint density at radius 3 is 1.65 bits per heavy atom. The fourth-order valence-corrected chi connectivity index (χ4v) is 12.8. The quantitative estimate of drug-likeness (QED) is 0.161. The van der Waals surface area contributed by atoms with E-state index in [-0.39, 0.29) is 10.8 Å². The second kappa shape index (κ2) is 13.5. The Morgan fingerprint density at radius 1 is 0.400 bits per heavy atom. The zero-order valence-corrected chi connectivity index (χ0v) is 38.5. The van der Waals surface area contributed by atoms with Crippen LogP contribution in [0.4, 0.5) is 0 Å². The molecule has 2 aliphatic rings. The third kappa shape index (κ3) is 5.38. The number of benzene rings is 10. The normalized spacial score (nSPS) is 13.9. The Balaban J connectivity index is 1.13. The van der Waals surface area contributed by atoms with E-state index >= 15 is 0 Å². The summed E-state index contributed by atoms with van der Waals surface area (Å²) in [6, 6.07) is 68.8. The lowest BCUT2D eigenvalue weighted by molar-refractivity contribution is 0.436. The number of rotatable bonds is 3. The fraction of sp³-hybridized carbons (Fsp3) is 0.143. The van der Waals surface area contributed by atoms with Gasteiger partial charge in [0.15, 0.2) is 0 Å². The molecule has 0 unspecified atom stereocenters. The molecule has 1 aliphatic heterocycles. The van der Waals surface area contributed by atoms with E-state index in [4.69, 9.17) is 4.74 Å².